The molecule has 0 saturated carbocycles. The van der Waals surface area contributed by atoms with Crippen LogP contribution in [-0.4, -0.2) is 22.8 Å². The van der Waals surface area contributed by atoms with Gasteiger partial charge < -0.3 is 0 Å². The van der Waals surface area contributed by atoms with Crippen molar-refractivity contribution in [2.24, 2.45) is 0 Å². The van der Waals surface area contributed by atoms with Crippen molar-refractivity contribution in [1.82, 2.24) is 14.8 Å². The summed E-state index contributed by atoms with van der Waals surface area (Å²) in [5.41, 5.74) is 3.61. The van der Waals surface area contributed by atoms with E-state index in [0.29, 0.717) is 0 Å². The largest absolute Gasteiger partial charge is 0.256 e. The first kappa shape index (κ1) is 11.8. The molecular weight excluding hydrogens is 226 g/mol. The molecule has 0 N–H and O–H groups in total. The molecule has 0 aliphatic rings. The highest BCUT2D eigenvalue weighted by Crippen LogP contribution is 2.10. The molecule has 2 aromatic rings. The minimum atomic E-state index is -1.41. The molecule has 88 valence electrons. The van der Waals surface area contributed by atoms with Crippen molar-refractivity contribution in [3.63, 3.8) is 0 Å². The molecule has 17 heavy (non-hydrogen) atoms. The van der Waals surface area contributed by atoms with Gasteiger partial charge in [0.15, 0.2) is 0 Å². The summed E-state index contributed by atoms with van der Waals surface area (Å²) in [4.78, 5) is 3.97. The first-order valence-corrected chi connectivity index (χ1v) is 9.01. The van der Waals surface area contributed by atoms with Crippen molar-refractivity contribution in [3.05, 3.63) is 54.2 Å². The average molecular weight is 243 g/mol. The molecule has 0 bridgehead atoms. The Morgan fingerprint density at radius 1 is 1.24 bits per heavy atom. The first-order valence-electron chi connectivity index (χ1n) is 5.72. The second kappa shape index (κ2) is 5.10. The van der Waals surface area contributed by atoms with Crippen molar-refractivity contribution >= 4 is 14.1 Å². The van der Waals surface area contributed by atoms with Crippen LogP contribution in [0.4, 0.5) is 0 Å². The van der Waals surface area contributed by atoms with Gasteiger partial charge in [0.05, 0.1) is 8.07 Å². The highest BCUT2D eigenvalue weighted by molar-refractivity contribution is 6.81. The van der Waals surface area contributed by atoms with Gasteiger partial charge in [-0.05, 0) is 5.56 Å². The minimum absolute atomic E-state index is 0.969. The highest BCUT2D eigenvalue weighted by Gasteiger charge is 2.17. The van der Waals surface area contributed by atoms with Gasteiger partial charge in [-0.1, -0.05) is 55.2 Å². The van der Waals surface area contributed by atoms with Crippen LogP contribution in [0, 0.1) is 0 Å². The zero-order chi connectivity index (χ0) is 12.1. The van der Waals surface area contributed by atoms with Gasteiger partial charge in [-0.25, -0.2) is 4.98 Å². The molecule has 1 aromatic heterocycles. The van der Waals surface area contributed by atoms with Crippen LogP contribution in [0.3, 0.4) is 0 Å². The number of rotatable bonds is 4. The summed E-state index contributed by atoms with van der Waals surface area (Å²) in [6, 6.07) is 10.4. The van der Waals surface area contributed by atoms with Crippen LogP contribution in [-0.2, 0) is 6.17 Å². The molecule has 3 nitrogen and oxygen atoms in total. The van der Waals surface area contributed by atoms with Crippen LogP contribution >= 0.6 is 0 Å². The van der Waals surface area contributed by atoms with Gasteiger partial charge in [-0.3, -0.25) is 4.68 Å². The van der Waals surface area contributed by atoms with Crippen LogP contribution in [0.5, 0.6) is 0 Å². The SMILES string of the molecule is C[Si](C)(C=Cc1ccccc1)Cn1cncn1. The predicted octanol–water partition coefficient (Wildman–Crippen LogP) is 2.78. The van der Waals surface area contributed by atoms with E-state index in [9.17, 15) is 0 Å². The molecule has 0 amide bonds. The Bertz CT molecular complexity index is 475. The second-order valence-electron chi connectivity index (χ2n) is 4.83. The zero-order valence-corrected chi connectivity index (χ0v) is 11.2. The lowest BCUT2D eigenvalue weighted by Crippen LogP contribution is -2.30. The standard InChI is InChI=1S/C13H17N3Si/c1-17(2,12-16-11-14-10-15-16)9-8-13-6-4-3-5-7-13/h3-11H,12H2,1-2H3. The van der Waals surface area contributed by atoms with Crippen molar-refractivity contribution in [3.8, 4) is 0 Å². The van der Waals surface area contributed by atoms with Gasteiger partial charge in [0, 0.05) is 6.17 Å². The fraction of sp³-hybridized carbons (Fsp3) is 0.231. The van der Waals surface area contributed by atoms with E-state index < -0.39 is 8.07 Å². The van der Waals surface area contributed by atoms with E-state index >= 15 is 0 Å². The summed E-state index contributed by atoms with van der Waals surface area (Å²) >= 11 is 0. The Kier molecular flexibility index (Phi) is 3.54. The topological polar surface area (TPSA) is 30.7 Å². The Morgan fingerprint density at radius 2 is 2.00 bits per heavy atom. The fourth-order valence-electron chi connectivity index (χ4n) is 1.67. The molecule has 0 unspecified atom stereocenters. The van der Waals surface area contributed by atoms with Gasteiger partial charge >= 0.3 is 0 Å². The summed E-state index contributed by atoms with van der Waals surface area (Å²) in [6.07, 6.45) is 6.55. The molecule has 1 heterocycles. The maximum Gasteiger partial charge on any atom is 0.137 e. The molecule has 4 heteroatoms. The lowest BCUT2D eigenvalue weighted by Gasteiger charge is -2.17. The van der Waals surface area contributed by atoms with Crippen LogP contribution in [0.2, 0.25) is 13.1 Å². The number of hydrogen-bond donors (Lipinski definition) is 0. The molecule has 0 radical (unpaired) electrons. The van der Waals surface area contributed by atoms with Crippen LogP contribution in [0.15, 0.2) is 48.7 Å². The summed E-state index contributed by atoms with van der Waals surface area (Å²) in [6.45, 7) is 4.66. The third-order valence-electron chi connectivity index (χ3n) is 2.56. The quantitative estimate of drug-likeness (QED) is 0.773. The number of hydrogen-bond acceptors (Lipinski definition) is 2. The third kappa shape index (κ3) is 3.67. The smallest absolute Gasteiger partial charge is 0.137 e. The minimum Gasteiger partial charge on any atom is -0.256 e. The normalized spacial score (nSPS) is 12.1. The van der Waals surface area contributed by atoms with E-state index in [1.807, 2.05) is 10.7 Å². The number of benzene rings is 1. The van der Waals surface area contributed by atoms with E-state index in [1.165, 1.54) is 5.56 Å². The predicted molar refractivity (Wildman–Crippen MR) is 73.0 cm³/mol. The fourth-order valence-corrected chi connectivity index (χ4v) is 3.42. The summed E-state index contributed by atoms with van der Waals surface area (Å²) in [5.74, 6) is 0. The molecule has 2 rings (SSSR count). The molecule has 0 aliphatic heterocycles. The first-order chi connectivity index (χ1) is 8.16. The Morgan fingerprint density at radius 3 is 2.65 bits per heavy atom. The Hall–Kier alpha value is -1.68. The lowest BCUT2D eigenvalue weighted by molar-refractivity contribution is 0.725. The molecule has 0 saturated heterocycles. The van der Waals surface area contributed by atoms with E-state index in [4.69, 9.17) is 0 Å². The summed E-state index contributed by atoms with van der Waals surface area (Å²) in [7, 11) is -1.41. The van der Waals surface area contributed by atoms with E-state index in [0.717, 1.165) is 6.17 Å². The molecule has 0 spiro atoms. The molecule has 0 atom stereocenters. The number of aromatic nitrogens is 3. The van der Waals surface area contributed by atoms with Gasteiger partial charge in [0.1, 0.15) is 12.7 Å². The monoisotopic (exact) mass is 243 g/mol. The summed E-state index contributed by atoms with van der Waals surface area (Å²) in [5, 5.41) is 4.16. The van der Waals surface area contributed by atoms with Gasteiger partial charge in [-0.15, -0.1) is 0 Å². The van der Waals surface area contributed by atoms with Gasteiger partial charge in [-0.2, -0.15) is 5.10 Å². The van der Waals surface area contributed by atoms with Crippen molar-refractivity contribution < 1.29 is 0 Å². The van der Waals surface area contributed by atoms with Crippen LogP contribution in [0.25, 0.3) is 6.08 Å². The molecule has 0 fully saturated rings. The van der Waals surface area contributed by atoms with E-state index in [1.54, 1.807) is 12.7 Å². The van der Waals surface area contributed by atoms with Crippen molar-refractivity contribution in [1.29, 1.82) is 0 Å². The third-order valence-corrected chi connectivity index (χ3v) is 4.77. The van der Waals surface area contributed by atoms with Crippen molar-refractivity contribution in [2.45, 2.75) is 19.3 Å². The summed E-state index contributed by atoms with van der Waals surface area (Å²) < 4.78 is 1.92. The molecule has 1 aromatic carbocycles. The van der Waals surface area contributed by atoms with Crippen LogP contribution < -0.4 is 0 Å². The zero-order valence-electron chi connectivity index (χ0n) is 10.2. The van der Waals surface area contributed by atoms with Gasteiger partial charge in [0.2, 0.25) is 0 Å². The second-order valence-corrected chi connectivity index (χ2v) is 9.45. The molecule has 0 aliphatic carbocycles. The van der Waals surface area contributed by atoms with E-state index in [2.05, 4.69) is 59.2 Å². The average Bonchev–Trinajstić information content (AvgIpc) is 2.80. The van der Waals surface area contributed by atoms with E-state index in [-0.39, 0.29) is 0 Å². The highest BCUT2D eigenvalue weighted by atomic mass is 28.3. The Labute approximate surface area is 103 Å². The maximum atomic E-state index is 4.16. The van der Waals surface area contributed by atoms with Gasteiger partial charge in [0.25, 0.3) is 0 Å². The number of nitrogens with zero attached hydrogens (tertiary/aromatic N) is 3. The Balaban J connectivity index is 2.04. The van der Waals surface area contributed by atoms with Crippen LogP contribution in [0.1, 0.15) is 5.56 Å². The lowest BCUT2D eigenvalue weighted by atomic mass is 10.2. The molecular formula is C13H17N3Si. The van der Waals surface area contributed by atoms with Crippen molar-refractivity contribution in [2.75, 3.05) is 0 Å². The maximum absolute atomic E-state index is 4.16.